The highest BCUT2D eigenvalue weighted by atomic mass is 32.2. The number of benzene rings is 1. The van der Waals surface area contributed by atoms with E-state index in [-0.39, 0.29) is 11.5 Å². The first-order valence-electron chi connectivity index (χ1n) is 6.56. The van der Waals surface area contributed by atoms with Gasteiger partial charge in [0.15, 0.2) is 9.84 Å². The predicted molar refractivity (Wildman–Crippen MR) is 74.8 cm³/mol. The van der Waals surface area contributed by atoms with Crippen molar-refractivity contribution in [3.63, 3.8) is 0 Å². The van der Waals surface area contributed by atoms with Crippen molar-refractivity contribution in [1.29, 1.82) is 0 Å². The molecular formula is C14H21NO3S. The second kappa shape index (κ2) is 5.23. The first-order valence-corrected chi connectivity index (χ1v) is 8.45. The van der Waals surface area contributed by atoms with Crippen LogP contribution in [0.15, 0.2) is 29.2 Å². The van der Waals surface area contributed by atoms with Crippen LogP contribution in [0.3, 0.4) is 0 Å². The molecule has 1 aromatic rings. The summed E-state index contributed by atoms with van der Waals surface area (Å²) in [4.78, 5) is 0.333. The maximum atomic E-state index is 11.5. The van der Waals surface area contributed by atoms with Crippen LogP contribution < -0.4 is 5.73 Å². The Morgan fingerprint density at radius 3 is 2.21 bits per heavy atom. The van der Waals surface area contributed by atoms with Crippen LogP contribution in [0.25, 0.3) is 0 Å². The number of sulfone groups is 1. The molecule has 1 aromatic carbocycles. The van der Waals surface area contributed by atoms with Crippen molar-refractivity contribution in [1.82, 2.24) is 0 Å². The molecule has 1 saturated carbocycles. The van der Waals surface area contributed by atoms with Crippen LogP contribution in [0.2, 0.25) is 0 Å². The summed E-state index contributed by atoms with van der Waals surface area (Å²) in [6, 6.07) is 7.02. The van der Waals surface area contributed by atoms with Gasteiger partial charge in [0.25, 0.3) is 0 Å². The SMILES string of the molecule is CS(=O)(=O)c1ccc(C2(CN)CCC(O)CC2)cc1. The number of hydrogen-bond donors (Lipinski definition) is 2. The van der Waals surface area contributed by atoms with Crippen molar-refractivity contribution in [2.45, 2.75) is 42.1 Å². The summed E-state index contributed by atoms with van der Waals surface area (Å²) in [7, 11) is -3.16. The van der Waals surface area contributed by atoms with E-state index in [4.69, 9.17) is 5.73 Å². The first kappa shape index (κ1) is 14.5. The van der Waals surface area contributed by atoms with E-state index in [1.54, 1.807) is 12.1 Å². The largest absolute Gasteiger partial charge is 0.393 e. The molecule has 0 aromatic heterocycles. The van der Waals surface area contributed by atoms with Gasteiger partial charge in [0, 0.05) is 18.2 Å². The summed E-state index contributed by atoms with van der Waals surface area (Å²) >= 11 is 0. The molecule has 0 radical (unpaired) electrons. The molecule has 0 spiro atoms. The minimum atomic E-state index is -3.16. The van der Waals surface area contributed by atoms with Gasteiger partial charge in [0.05, 0.1) is 11.0 Å². The third-order valence-electron chi connectivity index (χ3n) is 4.20. The van der Waals surface area contributed by atoms with E-state index in [1.165, 1.54) is 6.26 Å². The van der Waals surface area contributed by atoms with Gasteiger partial charge in [-0.2, -0.15) is 0 Å². The molecule has 19 heavy (non-hydrogen) atoms. The molecule has 106 valence electrons. The Labute approximate surface area is 114 Å². The molecule has 1 aliphatic rings. The maximum absolute atomic E-state index is 11.5. The lowest BCUT2D eigenvalue weighted by Crippen LogP contribution is -2.40. The van der Waals surface area contributed by atoms with Crippen LogP contribution in [0, 0.1) is 0 Å². The van der Waals surface area contributed by atoms with Crippen LogP contribution in [-0.2, 0) is 15.3 Å². The van der Waals surface area contributed by atoms with Crippen molar-refractivity contribution in [3.8, 4) is 0 Å². The number of hydrogen-bond acceptors (Lipinski definition) is 4. The van der Waals surface area contributed by atoms with Gasteiger partial charge < -0.3 is 10.8 Å². The molecular weight excluding hydrogens is 262 g/mol. The van der Waals surface area contributed by atoms with E-state index in [9.17, 15) is 13.5 Å². The van der Waals surface area contributed by atoms with Crippen LogP contribution in [0.4, 0.5) is 0 Å². The summed E-state index contributed by atoms with van der Waals surface area (Å²) in [6.07, 6.45) is 4.19. The first-order chi connectivity index (χ1) is 8.87. The molecule has 1 fully saturated rings. The number of nitrogens with two attached hydrogens (primary N) is 1. The molecule has 4 nitrogen and oxygen atoms in total. The van der Waals surface area contributed by atoms with Gasteiger partial charge in [0.1, 0.15) is 0 Å². The molecule has 5 heteroatoms. The van der Waals surface area contributed by atoms with E-state index < -0.39 is 9.84 Å². The van der Waals surface area contributed by atoms with Crippen molar-refractivity contribution >= 4 is 9.84 Å². The molecule has 0 saturated heterocycles. The fraction of sp³-hybridized carbons (Fsp3) is 0.571. The van der Waals surface area contributed by atoms with Crippen molar-refractivity contribution < 1.29 is 13.5 Å². The fourth-order valence-electron chi connectivity index (χ4n) is 2.82. The van der Waals surface area contributed by atoms with Gasteiger partial charge in [0.2, 0.25) is 0 Å². The fourth-order valence-corrected chi connectivity index (χ4v) is 3.45. The third-order valence-corrected chi connectivity index (χ3v) is 5.33. The van der Waals surface area contributed by atoms with E-state index in [2.05, 4.69) is 0 Å². The summed E-state index contributed by atoms with van der Waals surface area (Å²) < 4.78 is 22.9. The Kier molecular flexibility index (Phi) is 3.99. The minimum Gasteiger partial charge on any atom is -0.393 e. The maximum Gasteiger partial charge on any atom is 0.175 e. The zero-order valence-corrected chi connectivity index (χ0v) is 12.0. The molecule has 0 aliphatic heterocycles. The van der Waals surface area contributed by atoms with Gasteiger partial charge in [-0.05, 0) is 43.4 Å². The zero-order valence-electron chi connectivity index (χ0n) is 11.2. The molecule has 0 atom stereocenters. The topological polar surface area (TPSA) is 80.4 Å². The van der Waals surface area contributed by atoms with E-state index in [0.717, 1.165) is 31.2 Å². The number of rotatable bonds is 3. The molecule has 3 N–H and O–H groups in total. The second-order valence-corrected chi connectivity index (χ2v) is 7.53. The smallest absolute Gasteiger partial charge is 0.175 e. The lowest BCUT2D eigenvalue weighted by Gasteiger charge is -2.38. The van der Waals surface area contributed by atoms with Gasteiger partial charge in [-0.1, -0.05) is 12.1 Å². The Morgan fingerprint density at radius 1 is 1.26 bits per heavy atom. The average molecular weight is 283 g/mol. The Balaban J connectivity index is 2.30. The lowest BCUT2D eigenvalue weighted by molar-refractivity contribution is 0.0974. The molecule has 1 aliphatic carbocycles. The molecule has 0 unspecified atom stereocenters. The third kappa shape index (κ3) is 2.99. The lowest BCUT2D eigenvalue weighted by atomic mass is 9.69. The number of aliphatic hydroxyl groups excluding tert-OH is 1. The Hall–Kier alpha value is -0.910. The van der Waals surface area contributed by atoms with E-state index >= 15 is 0 Å². The molecule has 2 rings (SSSR count). The normalized spacial score (nSPS) is 28.3. The van der Waals surface area contributed by atoms with Gasteiger partial charge >= 0.3 is 0 Å². The van der Waals surface area contributed by atoms with Crippen LogP contribution >= 0.6 is 0 Å². The second-order valence-electron chi connectivity index (χ2n) is 5.51. The van der Waals surface area contributed by atoms with Gasteiger partial charge in [-0.3, -0.25) is 0 Å². The predicted octanol–water partition coefficient (Wildman–Crippen LogP) is 1.22. The Bertz CT molecular complexity index is 528. The summed E-state index contributed by atoms with van der Waals surface area (Å²) in [5.74, 6) is 0. The monoisotopic (exact) mass is 283 g/mol. The van der Waals surface area contributed by atoms with Crippen molar-refractivity contribution in [3.05, 3.63) is 29.8 Å². The Morgan fingerprint density at radius 2 is 1.79 bits per heavy atom. The van der Waals surface area contributed by atoms with Crippen LogP contribution in [0.5, 0.6) is 0 Å². The standard InChI is InChI=1S/C14H21NO3S/c1-19(17,18)13-4-2-11(3-5-13)14(10-15)8-6-12(16)7-9-14/h2-5,12,16H,6-10,15H2,1H3. The number of aliphatic hydroxyl groups is 1. The summed E-state index contributed by atoms with van der Waals surface area (Å²) in [5, 5.41) is 9.61. The minimum absolute atomic E-state index is 0.116. The molecule has 0 bridgehead atoms. The van der Waals surface area contributed by atoms with Crippen molar-refractivity contribution in [2.75, 3.05) is 12.8 Å². The molecule has 0 heterocycles. The summed E-state index contributed by atoms with van der Waals surface area (Å²) in [5.41, 5.74) is 6.90. The summed E-state index contributed by atoms with van der Waals surface area (Å²) in [6.45, 7) is 0.526. The van der Waals surface area contributed by atoms with Crippen LogP contribution in [-0.4, -0.2) is 32.4 Å². The van der Waals surface area contributed by atoms with Crippen LogP contribution in [0.1, 0.15) is 31.2 Å². The quantitative estimate of drug-likeness (QED) is 0.874. The zero-order chi connectivity index (χ0) is 14.1. The van der Waals surface area contributed by atoms with E-state index in [0.29, 0.717) is 11.4 Å². The molecule has 0 amide bonds. The average Bonchev–Trinajstić information content (AvgIpc) is 2.39. The van der Waals surface area contributed by atoms with Gasteiger partial charge in [-0.25, -0.2) is 8.42 Å². The van der Waals surface area contributed by atoms with Gasteiger partial charge in [-0.15, -0.1) is 0 Å². The van der Waals surface area contributed by atoms with E-state index in [1.807, 2.05) is 12.1 Å². The van der Waals surface area contributed by atoms with Crippen molar-refractivity contribution in [2.24, 2.45) is 5.73 Å². The highest BCUT2D eigenvalue weighted by Gasteiger charge is 2.35. The highest BCUT2D eigenvalue weighted by molar-refractivity contribution is 7.90. The highest BCUT2D eigenvalue weighted by Crippen LogP contribution is 2.38.